The monoisotopic (exact) mass is 278 g/mol. The Kier molecular flexibility index (Phi) is 6.28. The predicted molar refractivity (Wildman–Crippen MR) is 76.8 cm³/mol. The van der Waals surface area contributed by atoms with Gasteiger partial charge in [-0.2, -0.15) is 0 Å². The molecule has 1 fully saturated rings. The summed E-state index contributed by atoms with van der Waals surface area (Å²) in [7, 11) is 0. The fourth-order valence-corrected chi connectivity index (χ4v) is 2.37. The smallest absolute Gasteiger partial charge is 0.0434 e. The highest BCUT2D eigenvalue weighted by atomic mass is 35.5. The molecule has 0 radical (unpaired) electrons. The average Bonchev–Trinajstić information content (AvgIpc) is 2.26. The molecule has 4 heteroatoms. The predicted octanol–water partition coefficient (Wildman–Crippen LogP) is 3.55. The normalized spacial score (nSPS) is 24.1. The zero-order valence-electron chi connectivity index (χ0n) is 11.1. The van der Waals surface area contributed by atoms with Crippen LogP contribution in [-0.4, -0.2) is 36.1 Å². The van der Waals surface area contributed by atoms with Gasteiger partial charge in [0.25, 0.3) is 0 Å². The number of hydrogen-bond acceptors (Lipinski definition) is 2. The molecule has 0 aromatic heterocycles. The van der Waals surface area contributed by atoms with E-state index >= 15 is 0 Å². The minimum absolute atomic E-state index is 0.176. The van der Waals surface area contributed by atoms with Crippen molar-refractivity contribution >= 4 is 23.2 Å². The van der Waals surface area contributed by atoms with Crippen molar-refractivity contribution in [2.24, 2.45) is 0 Å². The number of halogens is 2. The van der Waals surface area contributed by atoms with Crippen LogP contribution in [0.2, 0.25) is 0 Å². The second-order valence-corrected chi connectivity index (χ2v) is 6.51. The van der Waals surface area contributed by atoms with E-state index in [1.807, 2.05) is 0 Å². The third-order valence-electron chi connectivity index (χ3n) is 3.09. The van der Waals surface area contributed by atoms with E-state index < -0.39 is 0 Å². The van der Waals surface area contributed by atoms with Crippen molar-refractivity contribution in [1.82, 2.24) is 10.2 Å². The number of piperidine rings is 1. The highest BCUT2D eigenvalue weighted by molar-refractivity contribution is 6.36. The second kappa shape index (κ2) is 6.98. The van der Waals surface area contributed by atoms with Gasteiger partial charge >= 0.3 is 0 Å². The minimum Gasteiger partial charge on any atom is -0.311 e. The lowest BCUT2D eigenvalue weighted by molar-refractivity contribution is 0.153. The van der Waals surface area contributed by atoms with Crippen LogP contribution in [-0.2, 0) is 0 Å². The Morgan fingerprint density at radius 1 is 1.41 bits per heavy atom. The van der Waals surface area contributed by atoms with Gasteiger partial charge in [-0.25, -0.2) is 0 Å². The first kappa shape index (κ1) is 15.3. The van der Waals surface area contributed by atoms with Crippen LogP contribution in [0.25, 0.3) is 0 Å². The molecule has 0 saturated carbocycles. The molecule has 0 amide bonds. The summed E-state index contributed by atoms with van der Waals surface area (Å²) in [6.45, 7) is 9.53. The fourth-order valence-electron chi connectivity index (χ4n) is 2.15. The van der Waals surface area contributed by atoms with Gasteiger partial charge in [0.05, 0.1) is 0 Å². The van der Waals surface area contributed by atoms with E-state index in [0.29, 0.717) is 6.04 Å². The van der Waals surface area contributed by atoms with Crippen LogP contribution in [0.4, 0.5) is 0 Å². The molecule has 1 unspecified atom stereocenters. The van der Waals surface area contributed by atoms with Gasteiger partial charge in [0.2, 0.25) is 0 Å². The minimum atomic E-state index is 0.176. The summed E-state index contributed by atoms with van der Waals surface area (Å²) in [4.78, 5) is 2.43. The summed E-state index contributed by atoms with van der Waals surface area (Å²) in [5.74, 6) is 0. The maximum absolute atomic E-state index is 6.02. The first-order chi connectivity index (χ1) is 7.92. The van der Waals surface area contributed by atoms with E-state index in [1.54, 1.807) is 0 Å². The fraction of sp³-hybridized carbons (Fsp3) is 0.846. The van der Waals surface area contributed by atoms with E-state index in [9.17, 15) is 0 Å². The molecule has 1 aliphatic rings. The molecule has 1 rings (SSSR count). The largest absolute Gasteiger partial charge is 0.311 e. The third kappa shape index (κ3) is 6.10. The van der Waals surface area contributed by atoms with Gasteiger partial charge in [0, 0.05) is 35.2 Å². The topological polar surface area (TPSA) is 15.3 Å². The van der Waals surface area contributed by atoms with Crippen LogP contribution in [0.1, 0.15) is 40.0 Å². The first-order valence-corrected chi connectivity index (χ1v) is 7.17. The van der Waals surface area contributed by atoms with Gasteiger partial charge in [-0.15, -0.1) is 0 Å². The van der Waals surface area contributed by atoms with Crippen molar-refractivity contribution in [2.45, 2.75) is 51.6 Å². The molecule has 100 valence electrons. The van der Waals surface area contributed by atoms with E-state index in [4.69, 9.17) is 23.2 Å². The lowest BCUT2D eigenvalue weighted by atomic mass is 10.0. The van der Waals surface area contributed by atoms with Gasteiger partial charge in [-0.1, -0.05) is 29.6 Å². The van der Waals surface area contributed by atoms with E-state index in [-0.39, 0.29) is 5.54 Å². The molecule has 2 nitrogen and oxygen atoms in total. The molecule has 1 aliphatic heterocycles. The van der Waals surface area contributed by atoms with Crippen LogP contribution in [0.5, 0.6) is 0 Å². The lowest BCUT2D eigenvalue weighted by Gasteiger charge is -2.37. The average molecular weight is 279 g/mol. The number of likely N-dealkylation sites (tertiary alicyclic amines) is 1. The van der Waals surface area contributed by atoms with Gasteiger partial charge in [0.15, 0.2) is 0 Å². The van der Waals surface area contributed by atoms with Crippen molar-refractivity contribution in [1.29, 1.82) is 0 Å². The molecule has 17 heavy (non-hydrogen) atoms. The van der Waals surface area contributed by atoms with Gasteiger partial charge in [-0.3, -0.25) is 4.90 Å². The van der Waals surface area contributed by atoms with Gasteiger partial charge in [-0.05, 0) is 40.2 Å². The lowest BCUT2D eigenvalue weighted by Crippen LogP contribution is -2.49. The van der Waals surface area contributed by atoms with E-state index in [2.05, 4.69) is 31.0 Å². The summed E-state index contributed by atoms with van der Waals surface area (Å²) >= 11 is 11.7. The zero-order chi connectivity index (χ0) is 12.9. The molecule has 0 bridgehead atoms. The number of hydrogen-bond donors (Lipinski definition) is 1. The molecule has 0 aromatic rings. The maximum atomic E-state index is 6.02. The molecular weight excluding hydrogens is 255 g/mol. The molecule has 1 heterocycles. The summed E-state index contributed by atoms with van der Waals surface area (Å²) < 4.78 is 0. The summed E-state index contributed by atoms with van der Waals surface area (Å²) in [6, 6.07) is 0.577. The molecular formula is C13H24Cl2N2. The number of nitrogens with zero attached hydrogens (tertiary/aromatic N) is 1. The van der Waals surface area contributed by atoms with Crippen molar-refractivity contribution < 1.29 is 0 Å². The third-order valence-corrected chi connectivity index (χ3v) is 3.69. The number of nitrogens with one attached hydrogen (secondary N) is 1. The second-order valence-electron chi connectivity index (χ2n) is 5.81. The van der Waals surface area contributed by atoms with Crippen molar-refractivity contribution in [3.63, 3.8) is 0 Å². The zero-order valence-corrected chi connectivity index (χ0v) is 12.6. The van der Waals surface area contributed by atoms with Crippen LogP contribution in [0.3, 0.4) is 0 Å². The molecule has 1 saturated heterocycles. The van der Waals surface area contributed by atoms with E-state index in [0.717, 1.165) is 24.7 Å². The van der Waals surface area contributed by atoms with Crippen molar-refractivity contribution in [3.8, 4) is 0 Å². The Hall–Kier alpha value is 0.240. The molecule has 0 aliphatic carbocycles. The summed E-state index contributed by atoms with van der Waals surface area (Å²) in [5, 5.41) is 4.31. The maximum Gasteiger partial charge on any atom is 0.0434 e. The van der Waals surface area contributed by atoms with Crippen LogP contribution in [0.15, 0.2) is 10.6 Å². The number of rotatable bonds is 4. The van der Waals surface area contributed by atoms with Crippen molar-refractivity contribution in [3.05, 3.63) is 10.6 Å². The van der Waals surface area contributed by atoms with Crippen molar-refractivity contribution in [2.75, 3.05) is 19.6 Å². The van der Waals surface area contributed by atoms with Gasteiger partial charge in [0.1, 0.15) is 0 Å². The summed E-state index contributed by atoms with van der Waals surface area (Å²) in [6.07, 6.45) is 3.82. The Bertz CT molecular complexity index is 259. The van der Waals surface area contributed by atoms with Crippen LogP contribution >= 0.6 is 23.2 Å². The van der Waals surface area contributed by atoms with E-state index in [1.165, 1.54) is 24.8 Å². The Morgan fingerprint density at radius 2 is 2.12 bits per heavy atom. The molecule has 0 spiro atoms. The molecule has 1 atom stereocenters. The standard InChI is InChI=1S/C13H24Cl2N2/c1-13(2,3)16-9-12-6-4-5-7-17(12)10-11(15)8-14/h8,12,16H,4-7,9-10H2,1-3H3. The summed E-state index contributed by atoms with van der Waals surface area (Å²) in [5.41, 5.74) is 1.65. The Balaban J connectivity index is 2.48. The molecule has 1 N–H and O–H groups in total. The SMILES string of the molecule is CC(C)(C)NCC1CCCCN1CC(Cl)=CCl. The quantitative estimate of drug-likeness (QED) is 0.846. The van der Waals surface area contributed by atoms with Crippen LogP contribution in [0, 0.1) is 0 Å². The Morgan fingerprint density at radius 3 is 2.71 bits per heavy atom. The Labute approximate surface area is 115 Å². The van der Waals surface area contributed by atoms with Gasteiger partial charge < -0.3 is 5.32 Å². The highest BCUT2D eigenvalue weighted by Gasteiger charge is 2.23. The molecule has 0 aromatic carbocycles. The van der Waals surface area contributed by atoms with Crippen LogP contribution < -0.4 is 5.32 Å². The first-order valence-electron chi connectivity index (χ1n) is 6.36. The highest BCUT2D eigenvalue weighted by Crippen LogP contribution is 2.19.